The number of anilines is 1. The van der Waals surface area contributed by atoms with E-state index in [4.69, 9.17) is 5.73 Å². The summed E-state index contributed by atoms with van der Waals surface area (Å²) < 4.78 is 0. The maximum absolute atomic E-state index is 6.38. The van der Waals surface area contributed by atoms with Gasteiger partial charge in [-0.15, -0.1) is 0 Å². The number of aryl methyl sites for hydroxylation is 1. The smallest absolute Gasteiger partial charge is 0.147 e. The third-order valence-electron chi connectivity index (χ3n) is 5.89. The van der Waals surface area contributed by atoms with Crippen molar-refractivity contribution in [2.45, 2.75) is 55.0 Å². The first kappa shape index (κ1) is 16.9. The highest BCUT2D eigenvalue weighted by Gasteiger charge is 2.42. The molecule has 5 heteroatoms. The molecule has 2 fully saturated rings. The highest BCUT2D eigenvalue weighted by Crippen LogP contribution is 2.45. The van der Waals surface area contributed by atoms with Gasteiger partial charge in [0.2, 0.25) is 0 Å². The lowest BCUT2D eigenvalue weighted by Crippen LogP contribution is -2.47. The molecule has 1 saturated heterocycles. The van der Waals surface area contributed by atoms with Crippen LogP contribution in [0.1, 0.15) is 37.7 Å². The van der Waals surface area contributed by atoms with Crippen molar-refractivity contribution in [1.82, 2.24) is 9.97 Å². The van der Waals surface area contributed by atoms with Crippen molar-refractivity contribution in [2.75, 3.05) is 18.0 Å². The number of aromatic nitrogens is 2. The molecular formula is C20H26N4S. The van der Waals surface area contributed by atoms with E-state index in [0.29, 0.717) is 11.5 Å². The van der Waals surface area contributed by atoms with Crippen LogP contribution in [-0.2, 0) is 0 Å². The molecule has 2 N–H and O–H groups in total. The molecule has 25 heavy (non-hydrogen) atoms. The lowest BCUT2D eigenvalue weighted by molar-refractivity contribution is 0.197. The summed E-state index contributed by atoms with van der Waals surface area (Å²) in [6.45, 7) is 4.21. The van der Waals surface area contributed by atoms with Crippen molar-refractivity contribution in [3.63, 3.8) is 0 Å². The van der Waals surface area contributed by atoms with Gasteiger partial charge in [0.15, 0.2) is 0 Å². The third kappa shape index (κ3) is 3.53. The average Bonchev–Trinajstić information content (AvgIpc) is 2.97. The fourth-order valence-electron chi connectivity index (χ4n) is 4.29. The maximum Gasteiger partial charge on any atom is 0.147 e. The Balaban J connectivity index is 1.39. The van der Waals surface area contributed by atoms with Crippen LogP contribution < -0.4 is 10.6 Å². The molecule has 1 aliphatic heterocycles. The number of nitrogens with two attached hydrogens (primary N) is 1. The number of hydrogen-bond donors (Lipinski definition) is 1. The largest absolute Gasteiger partial charge is 0.355 e. The van der Waals surface area contributed by atoms with Gasteiger partial charge in [0.25, 0.3) is 0 Å². The van der Waals surface area contributed by atoms with Crippen LogP contribution in [-0.4, -0.2) is 29.1 Å². The molecule has 0 amide bonds. The van der Waals surface area contributed by atoms with E-state index in [1.54, 1.807) is 11.8 Å². The first-order valence-corrected chi connectivity index (χ1v) is 10.0. The standard InChI is InChI=1S/C20H26N4S/c1-15-4-2-5-16(12-15)25-19-14-22-18(13-23-19)24-10-8-20(9-11-24)7-3-6-17(20)21/h2,4-5,12-14,17H,3,6-11,21H2,1H3/t17-/m1/s1. The van der Waals surface area contributed by atoms with Crippen molar-refractivity contribution in [1.29, 1.82) is 0 Å². The molecular weight excluding hydrogens is 328 g/mol. The van der Waals surface area contributed by atoms with Crippen LogP contribution in [0.5, 0.6) is 0 Å². The van der Waals surface area contributed by atoms with Crippen molar-refractivity contribution in [2.24, 2.45) is 11.1 Å². The highest BCUT2D eigenvalue weighted by atomic mass is 32.2. The first-order valence-electron chi connectivity index (χ1n) is 9.22. The number of nitrogens with zero attached hydrogens (tertiary/aromatic N) is 3. The second-order valence-electron chi connectivity index (χ2n) is 7.48. The average molecular weight is 355 g/mol. The van der Waals surface area contributed by atoms with Crippen molar-refractivity contribution < 1.29 is 0 Å². The van der Waals surface area contributed by atoms with E-state index in [2.05, 4.69) is 46.1 Å². The molecule has 1 aromatic heterocycles. The summed E-state index contributed by atoms with van der Waals surface area (Å²) in [5, 5.41) is 0.945. The van der Waals surface area contributed by atoms with Crippen LogP contribution in [0.15, 0.2) is 46.6 Å². The topological polar surface area (TPSA) is 55.0 Å². The second-order valence-corrected chi connectivity index (χ2v) is 8.57. The van der Waals surface area contributed by atoms with Gasteiger partial charge in [-0.1, -0.05) is 35.9 Å². The van der Waals surface area contributed by atoms with E-state index in [0.717, 1.165) is 23.9 Å². The molecule has 2 heterocycles. The highest BCUT2D eigenvalue weighted by molar-refractivity contribution is 7.99. The number of hydrogen-bond acceptors (Lipinski definition) is 5. The quantitative estimate of drug-likeness (QED) is 0.902. The minimum Gasteiger partial charge on any atom is -0.355 e. The molecule has 1 aromatic carbocycles. The molecule has 0 radical (unpaired) electrons. The van der Waals surface area contributed by atoms with Gasteiger partial charge in [-0.2, -0.15) is 0 Å². The van der Waals surface area contributed by atoms with E-state index in [9.17, 15) is 0 Å². The van der Waals surface area contributed by atoms with E-state index < -0.39 is 0 Å². The molecule has 4 nitrogen and oxygen atoms in total. The Labute approximate surface area is 154 Å². The van der Waals surface area contributed by atoms with Crippen molar-refractivity contribution in [3.8, 4) is 0 Å². The van der Waals surface area contributed by atoms with Gasteiger partial charge in [-0.3, -0.25) is 0 Å². The van der Waals surface area contributed by atoms with Crippen LogP contribution >= 0.6 is 11.8 Å². The lowest BCUT2D eigenvalue weighted by atomic mass is 9.74. The molecule has 132 valence electrons. The Morgan fingerprint density at radius 2 is 2.00 bits per heavy atom. The molecule has 4 rings (SSSR count). The van der Waals surface area contributed by atoms with Gasteiger partial charge in [0.1, 0.15) is 10.8 Å². The molecule has 0 bridgehead atoms. The van der Waals surface area contributed by atoms with Crippen molar-refractivity contribution >= 4 is 17.6 Å². The monoisotopic (exact) mass is 354 g/mol. The summed E-state index contributed by atoms with van der Waals surface area (Å²) >= 11 is 1.66. The summed E-state index contributed by atoms with van der Waals surface area (Å²) in [7, 11) is 0. The number of benzene rings is 1. The zero-order valence-corrected chi connectivity index (χ0v) is 15.6. The Bertz CT molecular complexity index is 723. The van der Waals surface area contributed by atoms with Gasteiger partial charge in [0, 0.05) is 24.0 Å². The Hall–Kier alpha value is -1.59. The zero-order valence-electron chi connectivity index (χ0n) is 14.8. The summed E-state index contributed by atoms with van der Waals surface area (Å²) in [6.07, 6.45) is 10.0. The van der Waals surface area contributed by atoms with Crippen LogP contribution in [0.25, 0.3) is 0 Å². The Morgan fingerprint density at radius 1 is 1.16 bits per heavy atom. The van der Waals surface area contributed by atoms with E-state index in [1.807, 2.05) is 12.4 Å². The van der Waals surface area contributed by atoms with Gasteiger partial charge >= 0.3 is 0 Å². The van der Waals surface area contributed by atoms with Crippen LogP contribution in [0.2, 0.25) is 0 Å². The lowest BCUT2D eigenvalue weighted by Gasteiger charge is -2.42. The molecule has 2 aliphatic rings. The second kappa shape index (κ2) is 6.96. The molecule has 0 unspecified atom stereocenters. The molecule has 2 aromatic rings. The van der Waals surface area contributed by atoms with Gasteiger partial charge in [-0.25, -0.2) is 9.97 Å². The summed E-state index contributed by atoms with van der Waals surface area (Å²) in [5.74, 6) is 0.995. The van der Waals surface area contributed by atoms with E-state index >= 15 is 0 Å². The normalized spacial score (nSPS) is 22.5. The SMILES string of the molecule is Cc1cccc(Sc2cnc(N3CCC4(CCC[C@H]4N)CC3)cn2)c1. The number of rotatable bonds is 3. The summed E-state index contributed by atoms with van der Waals surface area (Å²) in [6, 6.07) is 8.88. The fraction of sp³-hybridized carbons (Fsp3) is 0.500. The van der Waals surface area contributed by atoms with Gasteiger partial charge < -0.3 is 10.6 Å². The summed E-state index contributed by atoms with van der Waals surface area (Å²) in [5.41, 5.74) is 8.04. The van der Waals surface area contributed by atoms with Crippen LogP contribution in [0, 0.1) is 12.3 Å². The first-order chi connectivity index (χ1) is 12.1. The minimum atomic E-state index is 0.394. The van der Waals surface area contributed by atoms with Crippen LogP contribution in [0.3, 0.4) is 0 Å². The fourth-order valence-corrected chi connectivity index (χ4v) is 5.14. The van der Waals surface area contributed by atoms with Crippen molar-refractivity contribution in [3.05, 3.63) is 42.2 Å². The zero-order chi connectivity index (χ0) is 17.3. The Kier molecular flexibility index (Phi) is 4.69. The molecule has 1 saturated carbocycles. The van der Waals surface area contributed by atoms with Crippen LogP contribution in [0.4, 0.5) is 5.82 Å². The van der Waals surface area contributed by atoms with Gasteiger partial charge in [-0.05, 0) is 50.2 Å². The Morgan fingerprint density at radius 3 is 2.64 bits per heavy atom. The third-order valence-corrected chi connectivity index (χ3v) is 6.80. The van der Waals surface area contributed by atoms with E-state index in [1.165, 1.54) is 42.6 Å². The van der Waals surface area contributed by atoms with Gasteiger partial charge in [0.05, 0.1) is 12.4 Å². The van der Waals surface area contributed by atoms with E-state index in [-0.39, 0.29) is 0 Å². The summed E-state index contributed by atoms with van der Waals surface area (Å²) in [4.78, 5) is 12.9. The maximum atomic E-state index is 6.38. The molecule has 1 spiro atoms. The molecule has 1 atom stereocenters. The predicted octanol–water partition coefficient (Wildman–Crippen LogP) is 4.03. The number of piperidine rings is 1. The predicted molar refractivity (Wildman–Crippen MR) is 103 cm³/mol. The minimum absolute atomic E-state index is 0.394. The molecule has 1 aliphatic carbocycles.